The maximum atomic E-state index is 13.2. The van der Waals surface area contributed by atoms with E-state index in [1.807, 2.05) is 0 Å². The fourth-order valence-corrected chi connectivity index (χ4v) is 4.07. The Morgan fingerprint density at radius 3 is 2.11 bits per heavy atom. The van der Waals surface area contributed by atoms with Crippen LogP contribution in [0.4, 0.5) is 17.1 Å². The molecule has 0 spiro atoms. The Morgan fingerprint density at radius 2 is 1.67 bits per heavy atom. The van der Waals surface area contributed by atoms with Crippen molar-refractivity contribution in [1.82, 2.24) is 4.90 Å². The van der Waals surface area contributed by atoms with Crippen LogP contribution in [0.25, 0.3) is 0 Å². The summed E-state index contributed by atoms with van der Waals surface area (Å²) in [5, 5.41) is 32.1. The van der Waals surface area contributed by atoms with Crippen molar-refractivity contribution in [3.05, 3.63) is 38.4 Å². The Labute approximate surface area is 207 Å². The van der Waals surface area contributed by atoms with Crippen LogP contribution in [0.1, 0.15) is 13.8 Å². The normalized spacial score (nSPS) is 12.8. The first-order valence-electron chi connectivity index (χ1n) is 10.3. The number of amides is 1. The van der Waals surface area contributed by atoms with Crippen molar-refractivity contribution in [1.29, 1.82) is 0 Å². The summed E-state index contributed by atoms with van der Waals surface area (Å²) >= 11 is 0. The molecular formula is C18H28N4O12S2. The number of hydrogen-bond donors (Lipinski definition) is 1. The van der Waals surface area contributed by atoms with Gasteiger partial charge in [-0.05, 0) is 19.9 Å². The lowest BCUT2D eigenvalue weighted by atomic mass is 10.2. The van der Waals surface area contributed by atoms with E-state index in [2.05, 4.69) is 4.18 Å². The molecule has 1 atom stereocenters. The summed E-state index contributed by atoms with van der Waals surface area (Å²) in [5.74, 6) is -0.872. The zero-order chi connectivity index (χ0) is 27.8. The Kier molecular flexibility index (Phi) is 11.1. The maximum Gasteiger partial charge on any atom is 0.299 e. The average molecular weight is 557 g/mol. The molecule has 1 N–H and O–H groups in total. The summed E-state index contributed by atoms with van der Waals surface area (Å²) in [6.45, 7) is 0.964. The van der Waals surface area contributed by atoms with E-state index in [4.69, 9.17) is 4.18 Å². The predicted molar refractivity (Wildman–Crippen MR) is 126 cm³/mol. The molecule has 204 valence electrons. The number of anilines is 1. The number of rotatable bonds is 15. The zero-order valence-electron chi connectivity index (χ0n) is 20.0. The molecule has 1 aromatic rings. The van der Waals surface area contributed by atoms with Gasteiger partial charge in [-0.2, -0.15) is 16.8 Å². The van der Waals surface area contributed by atoms with Gasteiger partial charge in [-0.15, -0.1) is 0 Å². The summed E-state index contributed by atoms with van der Waals surface area (Å²) in [5.41, 5.74) is -1.65. The molecule has 0 heterocycles. The number of aliphatic hydroxyl groups excluding tert-OH is 1. The van der Waals surface area contributed by atoms with Crippen LogP contribution in [0.3, 0.4) is 0 Å². The second-order valence-corrected chi connectivity index (χ2v) is 11.0. The second-order valence-electron chi connectivity index (χ2n) is 7.80. The van der Waals surface area contributed by atoms with Gasteiger partial charge in [0.1, 0.15) is 5.69 Å². The van der Waals surface area contributed by atoms with E-state index >= 15 is 0 Å². The summed E-state index contributed by atoms with van der Waals surface area (Å²) < 4.78 is 56.2. The first kappa shape index (κ1) is 31.1. The van der Waals surface area contributed by atoms with Gasteiger partial charge < -0.3 is 14.9 Å². The predicted octanol–water partition coefficient (Wildman–Crippen LogP) is -0.140. The van der Waals surface area contributed by atoms with Crippen LogP contribution in [-0.2, 0) is 33.4 Å². The summed E-state index contributed by atoms with van der Waals surface area (Å²) in [6.07, 6.45) is -0.327. The number of carbonyl (C=O) groups is 1. The molecule has 36 heavy (non-hydrogen) atoms. The summed E-state index contributed by atoms with van der Waals surface area (Å²) in [7, 11) is -8.18. The minimum Gasteiger partial charge on any atom is -0.395 e. The number of carbonyl (C=O) groups excluding carboxylic acids is 1. The largest absolute Gasteiger partial charge is 0.395 e. The van der Waals surface area contributed by atoms with Crippen LogP contribution in [0, 0.1) is 20.2 Å². The smallest absolute Gasteiger partial charge is 0.299 e. The Morgan fingerprint density at radius 1 is 1.06 bits per heavy atom. The van der Waals surface area contributed by atoms with Gasteiger partial charge in [0.05, 0.1) is 48.2 Å². The molecule has 0 aliphatic carbocycles. The molecule has 0 aliphatic rings. The van der Waals surface area contributed by atoms with E-state index in [-0.39, 0.29) is 12.2 Å². The SMILES string of the molecule is CC(C)N(CCO)C(=O)C(CN(CCOS(C)(=O)=O)c1ccc([N+](=O)[O-])cc1[N+](=O)[O-])OS(C)(=O)=O. The lowest BCUT2D eigenvalue weighted by molar-refractivity contribution is -0.393. The molecule has 0 saturated heterocycles. The van der Waals surface area contributed by atoms with Gasteiger partial charge >= 0.3 is 0 Å². The van der Waals surface area contributed by atoms with Crippen molar-refractivity contribution in [2.75, 3.05) is 50.3 Å². The van der Waals surface area contributed by atoms with Gasteiger partial charge in [0.2, 0.25) is 0 Å². The highest BCUT2D eigenvalue weighted by atomic mass is 32.2. The second kappa shape index (κ2) is 12.9. The van der Waals surface area contributed by atoms with Gasteiger partial charge in [0.25, 0.3) is 37.5 Å². The number of hydrogen-bond acceptors (Lipinski definition) is 13. The highest BCUT2D eigenvalue weighted by molar-refractivity contribution is 7.86. The van der Waals surface area contributed by atoms with Crippen LogP contribution >= 0.6 is 0 Å². The van der Waals surface area contributed by atoms with E-state index in [0.29, 0.717) is 12.3 Å². The van der Waals surface area contributed by atoms with E-state index in [0.717, 1.165) is 28.2 Å². The summed E-state index contributed by atoms with van der Waals surface area (Å²) in [4.78, 5) is 36.3. The third kappa shape index (κ3) is 9.97. The summed E-state index contributed by atoms with van der Waals surface area (Å²) in [6, 6.07) is 2.13. The molecule has 0 aromatic heterocycles. The Bertz CT molecular complexity index is 1170. The molecule has 0 fully saturated rings. The fraction of sp³-hybridized carbons (Fsp3) is 0.611. The van der Waals surface area contributed by atoms with Crippen molar-refractivity contribution >= 4 is 43.2 Å². The highest BCUT2D eigenvalue weighted by Gasteiger charge is 2.34. The number of nitro benzene ring substituents is 2. The molecule has 1 amide bonds. The maximum absolute atomic E-state index is 13.2. The van der Waals surface area contributed by atoms with Crippen LogP contribution in [0.2, 0.25) is 0 Å². The number of benzene rings is 1. The average Bonchev–Trinajstić information content (AvgIpc) is 2.73. The first-order valence-corrected chi connectivity index (χ1v) is 13.9. The van der Waals surface area contributed by atoms with Crippen molar-refractivity contribution in [3.8, 4) is 0 Å². The van der Waals surface area contributed by atoms with Gasteiger partial charge in [0.15, 0.2) is 6.10 Å². The number of aliphatic hydroxyl groups is 1. The van der Waals surface area contributed by atoms with Crippen molar-refractivity contribution in [2.24, 2.45) is 0 Å². The number of nitrogens with zero attached hydrogens (tertiary/aromatic N) is 4. The number of nitro groups is 2. The van der Waals surface area contributed by atoms with Crippen LogP contribution in [0.15, 0.2) is 18.2 Å². The van der Waals surface area contributed by atoms with Gasteiger partial charge in [0, 0.05) is 25.2 Å². The molecule has 0 aliphatic heterocycles. The Hall–Kier alpha value is -2.93. The molecule has 1 rings (SSSR count). The molecule has 0 bridgehead atoms. The molecule has 18 heteroatoms. The monoisotopic (exact) mass is 556 g/mol. The van der Waals surface area contributed by atoms with Gasteiger partial charge in [-0.1, -0.05) is 0 Å². The number of non-ortho nitro benzene ring substituents is 1. The van der Waals surface area contributed by atoms with Gasteiger partial charge in [-0.3, -0.25) is 33.4 Å². The first-order chi connectivity index (χ1) is 16.5. The van der Waals surface area contributed by atoms with Crippen LogP contribution < -0.4 is 4.90 Å². The lowest BCUT2D eigenvalue weighted by Gasteiger charge is -2.33. The molecule has 0 radical (unpaired) electrons. The van der Waals surface area contributed by atoms with E-state index < -0.39 is 85.8 Å². The molecule has 1 aromatic carbocycles. The van der Waals surface area contributed by atoms with E-state index in [9.17, 15) is 47.0 Å². The van der Waals surface area contributed by atoms with Crippen LogP contribution in [0.5, 0.6) is 0 Å². The Balaban J connectivity index is 3.58. The molecular weight excluding hydrogens is 528 g/mol. The van der Waals surface area contributed by atoms with Crippen molar-refractivity contribution < 1.29 is 44.9 Å². The van der Waals surface area contributed by atoms with E-state index in [1.165, 1.54) is 0 Å². The lowest BCUT2D eigenvalue weighted by Crippen LogP contribution is -2.50. The molecule has 1 unspecified atom stereocenters. The quantitative estimate of drug-likeness (QED) is 0.169. The minimum absolute atomic E-state index is 0.172. The fourth-order valence-electron chi connectivity index (χ4n) is 3.12. The van der Waals surface area contributed by atoms with Crippen molar-refractivity contribution in [2.45, 2.75) is 26.0 Å². The van der Waals surface area contributed by atoms with E-state index in [1.54, 1.807) is 13.8 Å². The van der Waals surface area contributed by atoms with Gasteiger partial charge in [-0.25, -0.2) is 0 Å². The van der Waals surface area contributed by atoms with Crippen molar-refractivity contribution in [3.63, 3.8) is 0 Å². The third-order valence-electron chi connectivity index (χ3n) is 4.57. The molecule has 16 nitrogen and oxygen atoms in total. The minimum atomic E-state index is -4.25. The third-order valence-corrected chi connectivity index (χ3v) is 5.74. The molecule has 0 saturated carbocycles. The van der Waals surface area contributed by atoms with Crippen LogP contribution in [-0.4, -0.2) is 100 Å². The topological polar surface area (TPSA) is 217 Å². The highest BCUT2D eigenvalue weighted by Crippen LogP contribution is 2.32. The standard InChI is InChI=1S/C18H28N4O12S2/c1-13(2)20(7-9-23)18(24)17(34-36(4,31)32)12-19(8-10-33-35(3,29)30)15-6-5-14(21(25)26)11-16(15)22(27)28/h5-6,11,13,17,23H,7-10,12H2,1-4H3. The zero-order valence-corrected chi connectivity index (χ0v) is 21.6.